The molecule has 0 radical (unpaired) electrons. The molecule has 4 saturated carbocycles. The minimum absolute atomic E-state index is 0. The maximum Gasteiger partial charge on any atom is 0.0911 e. The summed E-state index contributed by atoms with van der Waals surface area (Å²) in [5.41, 5.74) is 7.68. The van der Waals surface area contributed by atoms with Crippen LogP contribution < -0.4 is 5.73 Å². The lowest BCUT2D eigenvalue weighted by Crippen LogP contribution is -2.49. The Balaban J connectivity index is 0.00000144. The third-order valence-corrected chi connectivity index (χ3v) is 6.45. The Labute approximate surface area is 139 Å². The average Bonchev–Trinajstić information content (AvgIpc) is 2.44. The van der Waals surface area contributed by atoms with Crippen LogP contribution in [0.25, 0.3) is 0 Å². The number of benzene rings is 1. The zero-order valence-electron chi connectivity index (χ0n) is 13.1. The van der Waals surface area contributed by atoms with Gasteiger partial charge < -0.3 is 5.73 Å². The molecule has 0 spiro atoms. The topological polar surface area (TPSA) is 49.9 Å². The lowest BCUT2D eigenvalue weighted by atomic mass is 9.45. The Hall–Kier alpha value is -1.02. The summed E-state index contributed by atoms with van der Waals surface area (Å²) in [6, 6.07) is 10.9. The number of hydrogen-bond donors (Lipinski definition) is 2. The number of hydrogen-bond acceptors (Lipinski definition) is 1. The van der Waals surface area contributed by atoms with E-state index >= 15 is 0 Å². The molecule has 1 aromatic rings. The van der Waals surface area contributed by atoms with Crippen molar-refractivity contribution in [3.05, 3.63) is 35.9 Å². The first-order chi connectivity index (χ1) is 10.1. The number of halogens is 1. The Morgan fingerprint density at radius 2 is 1.55 bits per heavy atom. The standard InChI is InChI=1S/C19H26N2.ClH/c20-18(21)9-17(16-4-2-1-3-5-16)19-10-13-6-14(11-19)8-15(7-13)12-19;/h1-5,13-15,17H,6-12H2,(H3,20,21);1H. The van der Waals surface area contributed by atoms with E-state index in [4.69, 9.17) is 11.1 Å². The highest BCUT2D eigenvalue weighted by atomic mass is 35.5. The predicted octanol–water partition coefficient (Wildman–Crippen LogP) is 4.73. The summed E-state index contributed by atoms with van der Waals surface area (Å²) in [7, 11) is 0. The van der Waals surface area contributed by atoms with Crippen molar-refractivity contribution < 1.29 is 0 Å². The number of amidine groups is 1. The van der Waals surface area contributed by atoms with Gasteiger partial charge in [0.25, 0.3) is 0 Å². The third kappa shape index (κ3) is 2.67. The summed E-state index contributed by atoms with van der Waals surface area (Å²) in [6.07, 6.45) is 9.31. The maximum absolute atomic E-state index is 7.86. The summed E-state index contributed by atoms with van der Waals surface area (Å²) in [4.78, 5) is 0. The molecule has 1 atom stereocenters. The predicted molar refractivity (Wildman–Crippen MR) is 93.6 cm³/mol. The van der Waals surface area contributed by atoms with Crippen LogP contribution in [0.5, 0.6) is 0 Å². The fourth-order valence-electron chi connectivity index (χ4n) is 6.20. The van der Waals surface area contributed by atoms with Gasteiger partial charge in [-0.25, -0.2) is 0 Å². The van der Waals surface area contributed by atoms with Gasteiger partial charge in [-0.15, -0.1) is 12.4 Å². The number of rotatable bonds is 4. The van der Waals surface area contributed by atoms with E-state index in [1.807, 2.05) is 0 Å². The van der Waals surface area contributed by atoms with Gasteiger partial charge in [-0.2, -0.15) is 0 Å². The molecular weight excluding hydrogens is 292 g/mol. The molecule has 0 amide bonds. The van der Waals surface area contributed by atoms with E-state index in [1.165, 1.54) is 44.1 Å². The van der Waals surface area contributed by atoms with Gasteiger partial charge in [0.2, 0.25) is 0 Å². The summed E-state index contributed by atoms with van der Waals surface area (Å²) in [6.45, 7) is 0. The smallest absolute Gasteiger partial charge is 0.0911 e. The molecule has 3 heteroatoms. The van der Waals surface area contributed by atoms with Crippen molar-refractivity contribution in [2.45, 2.75) is 50.9 Å². The maximum atomic E-state index is 7.86. The summed E-state index contributed by atoms with van der Waals surface area (Å²) >= 11 is 0. The van der Waals surface area contributed by atoms with Crippen molar-refractivity contribution in [2.75, 3.05) is 0 Å². The lowest BCUT2D eigenvalue weighted by molar-refractivity contribution is -0.0676. The van der Waals surface area contributed by atoms with Crippen LogP contribution in [0.1, 0.15) is 56.4 Å². The Morgan fingerprint density at radius 1 is 1.05 bits per heavy atom. The molecular formula is C19H27ClN2. The van der Waals surface area contributed by atoms with Crippen LogP contribution in [0.15, 0.2) is 30.3 Å². The molecule has 120 valence electrons. The first kappa shape index (κ1) is 15.9. The highest BCUT2D eigenvalue weighted by Gasteiger charge is 2.54. The summed E-state index contributed by atoms with van der Waals surface area (Å²) < 4.78 is 0. The van der Waals surface area contributed by atoms with E-state index in [9.17, 15) is 0 Å². The molecule has 0 heterocycles. The molecule has 4 fully saturated rings. The third-order valence-electron chi connectivity index (χ3n) is 6.45. The highest BCUT2D eigenvalue weighted by Crippen LogP contribution is 2.65. The van der Waals surface area contributed by atoms with E-state index in [-0.39, 0.29) is 12.4 Å². The SMILES string of the molecule is Cl.N=C(N)CC(c1ccccc1)C12CC3CC(CC(C3)C1)C2. The highest BCUT2D eigenvalue weighted by molar-refractivity contribution is 5.85. The zero-order chi connectivity index (χ0) is 14.4. The number of nitrogens with one attached hydrogen (secondary N) is 1. The normalized spacial score (nSPS) is 36.6. The van der Waals surface area contributed by atoms with Crippen molar-refractivity contribution in [1.82, 2.24) is 0 Å². The van der Waals surface area contributed by atoms with Crippen molar-refractivity contribution in [3.63, 3.8) is 0 Å². The van der Waals surface area contributed by atoms with Gasteiger partial charge in [0.1, 0.15) is 0 Å². The molecule has 4 bridgehead atoms. The molecule has 1 unspecified atom stereocenters. The molecule has 2 nitrogen and oxygen atoms in total. The fraction of sp³-hybridized carbons (Fsp3) is 0.632. The van der Waals surface area contributed by atoms with Gasteiger partial charge >= 0.3 is 0 Å². The Morgan fingerprint density at radius 3 is 2.00 bits per heavy atom. The minimum Gasteiger partial charge on any atom is -0.388 e. The van der Waals surface area contributed by atoms with E-state index in [1.54, 1.807) is 0 Å². The molecule has 3 N–H and O–H groups in total. The Bertz CT molecular complexity index is 504. The number of nitrogens with two attached hydrogens (primary N) is 1. The monoisotopic (exact) mass is 318 g/mol. The van der Waals surface area contributed by atoms with Gasteiger partial charge in [-0.05, 0) is 73.2 Å². The summed E-state index contributed by atoms with van der Waals surface area (Å²) in [5, 5.41) is 7.86. The van der Waals surface area contributed by atoms with Crippen LogP contribution in [0.4, 0.5) is 0 Å². The molecule has 0 saturated heterocycles. The van der Waals surface area contributed by atoms with Crippen LogP contribution in [0.2, 0.25) is 0 Å². The van der Waals surface area contributed by atoms with E-state index in [0.717, 1.165) is 24.2 Å². The fourth-order valence-corrected chi connectivity index (χ4v) is 6.20. The molecule has 4 aliphatic rings. The van der Waals surface area contributed by atoms with E-state index in [0.29, 0.717) is 17.2 Å². The van der Waals surface area contributed by atoms with Gasteiger partial charge in [0, 0.05) is 6.42 Å². The van der Waals surface area contributed by atoms with Crippen LogP contribution in [0.3, 0.4) is 0 Å². The molecule has 1 aromatic carbocycles. The zero-order valence-corrected chi connectivity index (χ0v) is 13.9. The molecule has 0 aliphatic heterocycles. The van der Waals surface area contributed by atoms with Crippen LogP contribution in [-0.4, -0.2) is 5.84 Å². The largest absolute Gasteiger partial charge is 0.388 e. The Kier molecular flexibility index (Phi) is 4.24. The van der Waals surface area contributed by atoms with Crippen molar-refractivity contribution in [2.24, 2.45) is 28.9 Å². The van der Waals surface area contributed by atoms with Crippen molar-refractivity contribution in [1.29, 1.82) is 5.41 Å². The van der Waals surface area contributed by atoms with Crippen LogP contribution in [-0.2, 0) is 0 Å². The second-order valence-electron chi connectivity index (χ2n) is 7.97. The minimum atomic E-state index is 0. The van der Waals surface area contributed by atoms with Crippen molar-refractivity contribution in [3.8, 4) is 0 Å². The van der Waals surface area contributed by atoms with Gasteiger partial charge in [-0.3, -0.25) is 5.41 Å². The van der Waals surface area contributed by atoms with E-state index < -0.39 is 0 Å². The molecule has 4 aliphatic carbocycles. The molecule has 0 aromatic heterocycles. The lowest BCUT2D eigenvalue weighted by Gasteiger charge is -2.59. The van der Waals surface area contributed by atoms with Crippen LogP contribution >= 0.6 is 12.4 Å². The molecule has 5 rings (SSSR count). The second-order valence-corrected chi connectivity index (χ2v) is 7.97. The average molecular weight is 319 g/mol. The first-order valence-electron chi connectivity index (χ1n) is 8.52. The van der Waals surface area contributed by atoms with Crippen molar-refractivity contribution >= 4 is 18.2 Å². The van der Waals surface area contributed by atoms with Gasteiger partial charge in [0.05, 0.1) is 5.84 Å². The second kappa shape index (κ2) is 5.88. The van der Waals surface area contributed by atoms with Gasteiger partial charge in [0.15, 0.2) is 0 Å². The van der Waals surface area contributed by atoms with Gasteiger partial charge in [-0.1, -0.05) is 30.3 Å². The summed E-state index contributed by atoms with van der Waals surface area (Å²) in [5.74, 6) is 3.68. The van der Waals surface area contributed by atoms with Crippen LogP contribution in [0, 0.1) is 28.6 Å². The van der Waals surface area contributed by atoms with E-state index in [2.05, 4.69) is 30.3 Å². The quantitative estimate of drug-likeness (QED) is 0.611. The molecule has 22 heavy (non-hydrogen) atoms. The first-order valence-corrected chi connectivity index (χ1v) is 8.52.